The second-order valence-electron chi connectivity index (χ2n) is 2.75. The highest BCUT2D eigenvalue weighted by molar-refractivity contribution is 8.13. The summed E-state index contributed by atoms with van der Waals surface area (Å²) in [4.78, 5) is 10.7. The summed E-state index contributed by atoms with van der Waals surface area (Å²) in [6.45, 7) is 1.36. The van der Waals surface area contributed by atoms with Gasteiger partial charge in [0.25, 0.3) is 9.05 Å². The Morgan fingerprint density at radius 2 is 2.00 bits per heavy atom. The Bertz CT molecular complexity index is 481. The zero-order valence-electron chi connectivity index (χ0n) is 7.32. The van der Waals surface area contributed by atoms with Crippen LogP contribution in [0, 0.1) is 0 Å². The maximum Gasteiger partial charge on any atom is 0.263 e. The molecule has 0 aliphatic heterocycles. The first kappa shape index (κ1) is 11.0. The van der Waals surface area contributed by atoms with E-state index in [4.69, 9.17) is 16.4 Å². The van der Waals surface area contributed by atoms with Gasteiger partial charge in [0.1, 0.15) is 4.90 Å². The number of Topliss-reactive ketones (excluding diaryl/α,β-unsaturated/α-hetero) is 1. The normalized spacial score (nSPS) is 11.3. The van der Waals surface area contributed by atoms with Crippen LogP contribution in [0.2, 0.25) is 0 Å². The Labute approximate surface area is 86.1 Å². The Morgan fingerprint density at radius 1 is 1.43 bits per heavy atom. The van der Waals surface area contributed by atoms with Crippen molar-refractivity contribution in [1.82, 2.24) is 0 Å². The van der Waals surface area contributed by atoms with Crippen LogP contribution in [0.3, 0.4) is 0 Å². The van der Waals surface area contributed by atoms with E-state index in [1.165, 1.54) is 25.1 Å². The van der Waals surface area contributed by atoms with E-state index in [9.17, 15) is 13.2 Å². The van der Waals surface area contributed by atoms with Gasteiger partial charge in [0.05, 0.1) is 5.69 Å². The minimum atomic E-state index is -3.84. The second-order valence-corrected chi connectivity index (χ2v) is 5.28. The van der Waals surface area contributed by atoms with Crippen LogP contribution in [0.15, 0.2) is 23.1 Å². The summed E-state index contributed by atoms with van der Waals surface area (Å²) in [6.07, 6.45) is 0. The first-order valence-electron chi connectivity index (χ1n) is 3.67. The zero-order chi connectivity index (χ0) is 10.9. The van der Waals surface area contributed by atoms with Gasteiger partial charge in [0, 0.05) is 16.2 Å². The van der Waals surface area contributed by atoms with Crippen molar-refractivity contribution in [2.75, 3.05) is 5.73 Å². The van der Waals surface area contributed by atoms with E-state index in [1.54, 1.807) is 0 Å². The van der Waals surface area contributed by atoms with E-state index in [-0.39, 0.29) is 16.4 Å². The van der Waals surface area contributed by atoms with Gasteiger partial charge < -0.3 is 5.73 Å². The molecule has 2 N–H and O–H groups in total. The number of benzene rings is 1. The van der Waals surface area contributed by atoms with Crippen LogP contribution < -0.4 is 5.73 Å². The van der Waals surface area contributed by atoms with Crippen molar-refractivity contribution < 1.29 is 13.2 Å². The van der Waals surface area contributed by atoms with Gasteiger partial charge in [0.2, 0.25) is 0 Å². The molecule has 0 aromatic heterocycles. The number of nitrogens with two attached hydrogens (primary N) is 1. The van der Waals surface area contributed by atoms with Crippen molar-refractivity contribution in [2.45, 2.75) is 11.8 Å². The monoisotopic (exact) mass is 233 g/mol. The van der Waals surface area contributed by atoms with E-state index >= 15 is 0 Å². The van der Waals surface area contributed by atoms with Crippen molar-refractivity contribution in [1.29, 1.82) is 0 Å². The molecule has 6 heteroatoms. The third-order valence-corrected chi connectivity index (χ3v) is 3.07. The van der Waals surface area contributed by atoms with E-state index in [2.05, 4.69) is 0 Å². The Hall–Kier alpha value is -1.07. The molecule has 0 unspecified atom stereocenters. The highest BCUT2D eigenvalue weighted by Crippen LogP contribution is 2.23. The number of hydrogen-bond donors (Lipinski definition) is 1. The molecule has 1 aromatic rings. The highest BCUT2D eigenvalue weighted by Gasteiger charge is 2.14. The maximum atomic E-state index is 10.9. The molecule has 14 heavy (non-hydrogen) atoms. The molecule has 0 aliphatic rings. The fraction of sp³-hybridized carbons (Fsp3) is 0.125. The summed E-state index contributed by atoms with van der Waals surface area (Å²) in [5, 5.41) is 0. The number of hydrogen-bond acceptors (Lipinski definition) is 4. The van der Waals surface area contributed by atoms with Gasteiger partial charge in [-0.15, -0.1) is 0 Å². The second kappa shape index (κ2) is 3.59. The molecule has 4 nitrogen and oxygen atoms in total. The van der Waals surface area contributed by atoms with Gasteiger partial charge in [-0.2, -0.15) is 0 Å². The topological polar surface area (TPSA) is 77.2 Å². The van der Waals surface area contributed by atoms with Gasteiger partial charge in [-0.1, -0.05) is 0 Å². The smallest absolute Gasteiger partial charge is 0.263 e. The first-order valence-corrected chi connectivity index (χ1v) is 5.98. The summed E-state index contributed by atoms with van der Waals surface area (Å²) in [6, 6.07) is 3.87. The predicted octanol–water partition coefficient (Wildman–Crippen LogP) is 1.40. The molecule has 0 bridgehead atoms. The molecule has 0 amide bonds. The summed E-state index contributed by atoms with van der Waals surface area (Å²) >= 11 is 0. The van der Waals surface area contributed by atoms with Crippen molar-refractivity contribution in [2.24, 2.45) is 0 Å². The summed E-state index contributed by atoms with van der Waals surface area (Å²) in [5.41, 5.74) is 5.76. The molecule has 0 saturated heterocycles. The van der Waals surface area contributed by atoms with E-state index in [0.717, 1.165) is 0 Å². The number of ketones is 1. The van der Waals surface area contributed by atoms with Crippen LogP contribution in [0.25, 0.3) is 0 Å². The number of anilines is 1. The van der Waals surface area contributed by atoms with Gasteiger partial charge >= 0.3 is 0 Å². The van der Waals surface area contributed by atoms with Crippen LogP contribution in [-0.4, -0.2) is 14.2 Å². The first-order chi connectivity index (χ1) is 6.32. The van der Waals surface area contributed by atoms with Crippen LogP contribution in [-0.2, 0) is 9.05 Å². The molecule has 0 spiro atoms. The van der Waals surface area contributed by atoms with E-state index < -0.39 is 9.05 Å². The predicted molar refractivity (Wildman–Crippen MR) is 53.9 cm³/mol. The lowest BCUT2D eigenvalue weighted by Crippen LogP contribution is -2.01. The lowest BCUT2D eigenvalue weighted by atomic mass is 10.1. The molecular weight excluding hydrogens is 226 g/mol. The maximum absolute atomic E-state index is 10.9. The Balaban J connectivity index is 3.35. The van der Waals surface area contributed by atoms with Crippen LogP contribution >= 0.6 is 10.7 Å². The fourth-order valence-corrected chi connectivity index (χ4v) is 1.98. The van der Waals surface area contributed by atoms with Crippen molar-refractivity contribution in [3.05, 3.63) is 23.8 Å². The van der Waals surface area contributed by atoms with Crippen molar-refractivity contribution in [3.63, 3.8) is 0 Å². The van der Waals surface area contributed by atoms with Gasteiger partial charge in [0.15, 0.2) is 5.78 Å². The Morgan fingerprint density at radius 3 is 2.36 bits per heavy atom. The SMILES string of the molecule is CC(=O)c1ccc(S(=O)(=O)Cl)c(N)c1. The molecule has 0 aliphatic carbocycles. The fourth-order valence-electron chi connectivity index (χ4n) is 0.989. The lowest BCUT2D eigenvalue weighted by molar-refractivity contribution is 0.101. The van der Waals surface area contributed by atoms with Crippen LogP contribution in [0.4, 0.5) is 5.69 Å². The highest BCUT2D eigenvalue weighted by atomic mass is 35.7. The molecule has 0 heterocycles. The molecule has 76 valence electrons. The third kappa shape index (κ3) is 2.24. The summed E-state index contributed by atoms with van der Waals surface area (Å²) in [5.74, 6) is -0.185. The summed E-state index contributed by atoms with van der Waals surface area (Å²) in [7, 11) is 1.26. The van der Waals surface area contributed by atoms with Crippen molar-refractivity contribution >= 4 is 31.2 Å². The molecule has 0 fully saturated rings. The van der Waals surface area contributed by atoms with E-state index in [0.29, 0.717) is 5.56 Å². The molecule has 0 saturated carbocycles. The number of halogens is 1. The van der Waals surface area contributed by atoms with Crippen LogP contribution in [0.1, 0.15) is 17.3 Å². The number of rotatable bonds is 2. The minimum Gasteiger partial charge on any atom is -0.398 e. The van der Waals surface area contributed by atoms with Gasteiger partial charge in [-0.25, -0.2) is 8.42 Å². The quantitative estimate of drug-likeness (QED) is 0.476. The van der Waals surface area contributed by atoms with Gasteiger partial charge in [-0.3, -0.25) is 4.79 Å². The molecule has 1 rings (SSSR count). The largest absolute Gasteiger partial charge is 0.398 e. The average Bonchev–Trinajstić information content (AvgIpc) is 2.01. The zero-order valence-corrected chi connectivity index (χ0v) is 8.89. The molecule has 0 atom stereocenters. The van der Waals surface area contributed by atoms with Crippen LogP contribution in [0.5, 0.6) is 0 Å². The molecule has 0 radical (unpaired) electrons. The molecule has 1 aromatic carbocycles. The number of nitrogen functional groups attached to an aromatic ring is 1. The minimum absolute atomic E-state index is 0.0206. The van der Waals surface area contributed by atoms with Gasteiger partial charge in [-0.05, 0) is 25.1 Å². The lowest BCUT2D eigenvalue weighted by Gasteiger charge is -2.02. The van der Waals surface area contributed by atoms with E-state index in [1.807, 2.05) is 0 Å². The van der Waals surface area contributed by atoms with Crippen molar-refractivity contribution in [3.8, 4) is 0 Å². The Kier molecular flexibility index (Phi) is 2.82. The standard InChI is InChI=1S/C8H8ClNO3S/c1-5(11)6-2-3-8(7(10)4-6)14(9,12)13/h2-4H,10H2,1H3. The third-order valence-electron chi connectivity index (χ3n) is 1.68. The number of carbonyl (C=O) groups is 1. The molecular formula is C8H8ClNO3S. The summed E-state index contributed by atoms with van der Waals surface area (Å²) < 4.78 is 21.9. The number of carbonyl (C=O) groups excluding carboxylic acids is 1. The average molecular weight is 234 g/mol.